The van der Waals surface area contributed by atoms with Crippen LogP contribution in [0.5, 0.6) is 0 Å². The molecular weight excluding hydrogens is 347 g/mol. The van der Waals surface area contributed by atoms with Gasteiger partial charge in [0.25, 0.3) is 5.91 Å². The molecule has 5 nitrogen and oxygen atoms in total. The number of hydrogen-bond donors (Lipinski definition) is 1. The highest BCUT2D eigenvalue weighted by Gasteiger charge is 2.55. The number of urea groups is 1. The van der Waals surface area contributed by atoms with Crippen molar-refractivity contribution in [2.24, 2.45) is 0 Å². The number of imide groups is 1. The highest BCUT2D eigenvalue weighted by Crippen LogP contribution is 2.43. The van der Waals surface area contributed by atoms with Crippen molar-refractivity contribution in [2.45, 2.75) is 24.6 Å². The van der Waals surface area contributed by atoms with E-state index in [9.17, 15) is 22.8 Å². The van der Waals surface area contributed by atoms with Gasteiger partial charge < -0.3 is 4.90 Å². The SMILES string of the molecule is CN1C(=O)NC(=O)C1(C1=CCCC=C1)c1ccc(C#N)c(C(F)(F)F)c1. The summed E-state index contributed by atoms with van der Waals surface area (Å²) >= 11 is 0. The van der Waals surface area contributed by atoms with Crippen molar-refractivity contribution in [3.05, 3.63) is 58.7 Å². The normalized spacial score (nSPS) is 22.9. The largest absolute Gasteiger partial charge is 0.417 e. The minimum absolute atomic E-state index is 0.0209. The monoisotopic (exact) mass is 361 g/mol. The van der Waals surface area contributed by atoms with Crippen molar-refractivity contribution in [3.8, 4) is 6.07 Å². The van der Waals surface area contributed by atoms with Crippen LogP contribution in [-0.4, -0.2) is 23.9 Å². The van der Waals surface area contributed by atoms with Crippen LogP contribution in [0.1, 0.15) is 29.5 Å². The predicted molar refractivity (Wildman–Crippen MR) is 85.6 cm³/mol. The van der Waals surface area contributed by atoms with Gasteiger partial charge in [0.05, 0.1) is 17.2 Å². The fraction of sp³-hybridized carbons (Fsp3) is 0.278. The Bertz CT molecular complexity index is 896. The number of nitrogens with one attached hydrogen (secondary N) is 1. The van der Waals surface area contributed by atoms with Crippen LogP contribution >= 0.6 is 0 Å². The Kier molecular flexibility index (Phi) is 4.11. The van der Waals surface area contributed by atoms with Crippen LogP contribution in [0.15, 0.2) is 42.0 Å². The lowest BCUT2D eigenvalue weighted by atomic mass is 9.78. The van der Waals surface area contributed by atoms with Gasteiger partial charge in [0.2, 0.25) is 0 Å². The van der Waals surface area contributed by atoms with Gasteiger partial charge in [0.15, 0.2) is 5.54 Å². The van der Waals surface area contributed by atoms with E-state index in [1.165, 1.54) is 19.2 Å². The van der Waals surface area contributed by atoms with Gasteiger partial charge in [-0.1, -0.05) is 24.3 Å². The Morgan fingerprint density at radius 1 is 1.27 bits per heavy atom. The molecule has 1 aliphatic heterocycles. The van der Waals surface area contributed by atoms with Gasteiger partial charge in [-0.05, 0) is 36.1 Å². The van der Waals surface area contributed by atoms with Crippen LogP contribution in [0.2, 0.25) is 0 Å². The third-order valence-corrected chi connectivity index (χ3v) is 4.63. The second kappa shape index (κ2) is 6.02. The van der Waals surface area contributed by atoms with Gasteiger partial charge in [-0.25, -0.2) is 4.79 Å². The first-order valence-electron chi connectivity index (χ1n) is 7.81. The van der Waals surface area contributed by atoms with E-state index in [-0.39, 0.29) is 5.56 Å². The highest BCUT2D eigenvalue weighted by molar-refractivity contribution is 6.09. The van der Waals surface area contributed by atoms with E-state index in [0.29, 0.717) is 12.0 Å². The van der Waals surface area contributed by atoms with E-state index in [2.05, 4.69) is 5.32 Å². The molecule has 1 heterocycles. The van der Waals surface area contributed by atoms with Crippen molar-refractivity contribution < 1.29 is 22.8 Å². The molecule has 1 aromatic carbocycles. The van der Waals surface area contributed by atoms with Crippen molar-refractivity contribution in [1.82, 2.24) is 10.2 Å². The number of nitrogens with zero attached hydrogens (tertiary/aromatic N) is 2. The van der Waals surface area contributed by atoms with Gasteiger partial charge in [-0.3, -0.25) is 10.1 Å². The number of hydrogen-bond acceptors (Lipinski definition) is 3. The van der Waals surface area contributed by atoms with Gasteiger partial charge in [-0.15, -0.1) is 0 Å². The average Bonchev–Trinajstić information content (AvgIpc) is 2.84. The lowest BCUT2D eigenvalue weighted by molar-refractivity contribution is -0.138. The number of benzene rings is 1. The minimum Gasteiger partial charge on any atom is -0.305 e. The maximum Gasteiger partial charge on any atom is 0.417 e. The lowest BCUT2D eigenvalue weighted by Gasteiger charge is -2.35. The van der Waals surface area contributed by atoms with E-state index in [4.69, 9.17) is 5.26 Å². The van der Waals surface area contributed by atoms with Gasteiger partial charge in [0.1, 0.15) is 0 Å². The van der Waals surface area contributed by atoms with Crippen LogP contribution < -0.4 is 5.32 Å². The number of likely N-dealkylation sites (N-methyl/N-ethyl adjacent to an activating group) is 1. The molecular formula is C18H14F3N3O2. The van der Waals surface area contributed by atoms with Gasteiger partial charge in [0, 0.05) is 7.05 Å². The standard InChI is InChI=1S/C18H14F3N3O2/c1-24-16(26)23-15(25)17(24,12-5-3-2-4-6-12)13-8-7-11(10-22)14(9-13)18(19,20)21/h3,5-9H,2,4H2,1H3,(H,23,25,26). The third-order valence-electron chi connectivity index (χ3n) is 4.63. The zero-order valence-electron chi connectivity index (χ0n) is 13.7. The fourth-order valence-electron chi connectivity index (χ4n) is 3.38. The second-order valence-electron chi connectivity index (χ2n) is 6.04. The molecule has 0 aromatic heterocycles. The summed E-state index contributed by atoms with van der Waals surface area (Å²) in [7, 11) is 1.36. The van der Waals surface area contributed by atoms with Crippen molar-refractivity contribution in [3.63, 3.8) is 0 Å². The molecule has 1 aliphatic carbocycles. The molecule has 0 saturated carbocycles. The topological polar surface area (TPSA) is 73.2 Å². The Morgan fingerprint density at radius 3 is 2.50 bits per heavy atom. The number of nitriles is 1. The Balaban J connectivity index is 2.30. The number of alkyl halides is 3. The van der Waals surface area contributed by atoms with Crippen LogP contribution in [0.4, 0.5) is 18.0 Å². The second-order valence-corrected chi connectivity index (χ2v) is 6.04. The van der Waals surface area contributed by atoms with E-state index in [1.54, 1.807) is 18.2 Å². The molecule has 1 aromatic rings. The van der Waals surface area contributed by atoms with Gasteiger partial charge in [-0.2, -0.15) is 18.4 Å². The summed E-state index contributed by atoms with van der Waals surface area (Å²) in [4.78, 5) is 25.9. The molecule has 134 valence electrons. The van der Waals surface area contributed by atoms with E-state index >= 15 is 0 Å². The highest BCUT2D eigenvalue weighted by atomic mass is 19.4. The van der Waals surface area contributed by atoms with Crippen LogP contribution in [0, 0.1) is 11.3 Å². The molecule has 1 atom stereocenters. The first kappa shape index (κ1) is 17.7. The summed E-state index contributed by atoms with van der Waals surface area (Å²) in [5.74, 6) is -0.722. The maximum absolute atomic E-state index is 13.4. The number of rotatable bonds is 2. The molecule has 3 amide bonds. The molecule has 1 fully saturated rings. The molecule has 0 radical (unpaired) electrons. The van der Waals surface area contributed by atoms with Crippen molar-refractivity contribution in [1.29, 1.82) is 5.26 Å². The first-order chi connectivity index (χ1) is 12.2. The Hall–Kier alpha value is -3.08. The van der Waals surface area contributed by atoms with E-state index in [1.807, 2.05) is 0 Å². The minimum atomic E-state index is -4.77. The Labute approximate surface area is 147 Å². The lowest BCUT2D eigenvalue weighted by Crippen LogP contribution is -2.46. The average molecular weight is 361 g/mol. The summed E-state index contributed by atoms with van der Waals surface area (Å²) in [6.07, 6.45) is 1.75. The summed E-state index contributed by atoms with van der Waals surface area (Å²) in [5.41, 5.74) is -2.99. The molecule has 1 saturated heterocycles. The Morgan fingerprint density at radius 2 is 2.00 bits per heavy atom. The van der Waals surface area contributed by atoms with Crippen LogP contribution in [-0.2, 0) is 16.5 Å². The first-order valence-corrected chi connectivity index (χ1v) is 7.81. The van der Waals surface area contributed by atoms with Crippen LogP contribution in [0.3, 0.4) is 0 Å². The molecule has 2 aliphatic rings. The number of carbonyl (C=O) groups is 2. The predicted octanol–water partition coefficient (Wildman–Crippen LogP) is 3.23. The van der Waals surface area contributed by atoms with Crippen molar-refractivity contribution >= 4 is 11.9 Å². The number of halogens is 3. The molecule has 0 spiro atoms. The van der Waals surface area contributed by atoms with Crippen molar-refractivity contribution in [2.75, 3.05) is 7.05 Å². The van der Waals surface area contributed by atoms with E-state index < -0.39 is 34.8 Å². The number of amides is 3. The summed E-state index contributed by atoms with van der Waals surface area (Å²) in [6, 6.07) is 3.89. The molecule has 0 bridgehead atoms. The molecule has 8 heteroatoms. The zero-order valence-corrected chi connectivity index (χ0v) is 13.7. The summed E-state index contributed by atoms with van der Waals surface area (Å²) < 4.78 is 40.1. The summed E-state index contributed by atoms with van der Waals surface area (Å²) in [5, 5.41) is 11.1. The van der Waals surface area contributed by atoms with Gasteiger partial charge >= 0.3 is 12.2 Å². The molecule has 1 unspecified atom stereocenters. The smallest absolute Gasteiger partial charge is 0.305 e. The maximum atomic E-state index is 13.4. The number of allylic oxidation sites excluding steroid dienone is 2. The molecule has 1 N–H and O–H groups in total. The van der Waals surface area contributed by atoms with Crippen LogP contribution in [0.25, 0.3) is 0 Å². The molecule has 3 rings (SSSR count). The van der Waals surface area contributed by atoms with E-state index in [0.717, 1.165) is 23.5 Å². The number of carbonyl (C=O) groups excluding carboxylic acids is 2. The third kappa shape index (κ3) is 2.47. The zero-order chi connectivity index (χ0) is 19.1. The fourth-order valence-corrected chi connectivity index (χ4v) is 3.38. The molecule has 26 heavy (non-hydrogen) atoms. The summed E-state index contributed by atoms with van der Waals surface area (Å²) in [6.45, 7) is 0. The quantitative estimate of drug-likeness (QED) is 0.822.